The number of carbonyl (C=O) groups is 1. The zero-order chi connectivity index (χ0) is 13.5. The molecule has 0 aromatic heterocycles. The molecule has 2 fully saturated rings. The largest absolute Gasteiger partial charge is 0.346 e. The molecule has 19 heavy (non-hydrogen) atoms. The Morgan fingerprint density at radius 2 is 2.21 bits per heavy atom. The standard InChI is InChI=1S/C15H19BrN2O/c1-10(11-8-17-9-11)14(19)18-15(5-6-15)12-3-2-4-13(16)7-12/h2-4,7,10-11,17H,5-6,8-9H2,1H3,(H,18,19). The summed E-state index contributed by atoms with van der Waals surface area (Å²) in [4.78, 5) is 12.3. The van der Waals surface area contributed by atoms with Gasteiger partial charge in [0.1, 0.15) is 0 Å². The predicted molar refractivity (Wildman–Crippen MR) is 78.7 cm³/mol. The molecule has 1 unspecified atom stereocenters. The van der Waals surface area contributed by atoms with Crippen LogP contribution in [0.2, 0.25) is 0 Å². The van der Waals surface area contributed by atoms with Crippen molar-refractivity contribution in [1.29, 1.82) is 0 Å². The Kier molecular flexibility index (Phi) is 3.39. The number of benzene rings is 1. The van der Waals surface area contributed by atoms with E-state index in [4.69, 9.17) is 0 Å². The van der Waals surface area contributed by atoms with Crippen LogP contribution in [0.1, 0.15) is 25.3 Å². The summed E-state index contributed by atoms with van der Waals surface area (Å²) in [6.45, 7) is 3.98. The van der Waals surface area contributed by atoms with Crippen LogP contribution in [0, 0.1) is 11.8 Å². The van der Waals surface area contributed by atoms with Gasteiger partial charge in [0.05, 0.1) is 5.54 Å². The van der Waals surface area contributed by atoms with Crippen molar-refractivity contribution in [2.24, 2.45) is 11.8 Å². The summed E-state index contributed by atoms with van der Waals surface area (Å²) >= 11 is 3.50. The average Bonchev–Trinajstić information content (AvgIpc) is 3.07. The van der Waals surface area contributed by atoms with E-state index in [-0.39, 0.29) is 17.4 Å². The van der Waals surface area contributed by atoms with Gasteiger partial charge in [0.25, 0.3) is 0 Å². The monoisotopic (exact) mass is 322 g/mol. The topological polar surface area (TPSA) is 41.1 Å². The molecular weight excluding hydrogens is 304 g/mol. The maximum Gasteiger partial charge on any atom is 0.223 e. The van der Waals surface area contributed by atoms with Crippen LogP contribution in [0.5, 0.6) is 0 Å². The molecule has 3 rings (SSSR count). The second kappa shape index (κ2) is 4.91. The van der Waals surface area contributed by atoms with Crippen LogP contribution in [-0.4, -0.2) is 19.0 Å². The van der Waals surface area contributed by atoms with Crippen molar-refractivity contribution in [2.75, 3.05) is 13.1 Å². The van der Waals surface area contributed by atoms with Crippen molar-refractivity contribution in [3.63, 3.8) is 0 Å². The number of hydrogen-bond acceptors (Lipinski definition) is 2. The van der Waals surface area contributed by atoms with Gasteiger partial charge in [-0.1, -0.05) is 35.0 Å². The summed E-state index contributed by atoms with van der Waals surface area (Å²) < 4.78 is 1.07. The van der Waals surface area contributed by atoms with E-state index < -0.39 is 0 Å². The van der Waals surface area contributed by atoms with Gasteiger partial charge in [-0.2, -0.15) is 0 Å². The van der Waals surface area contributed by atoms with E-state index in [0.29, 0.717) is 5.92 Å². The average molecular weight is 323 g/mol. The Morgan fingerprint density at radius 1 is 1.47 bits per heavy atom. The molecule has 1 aromatic rings. The molecule has 1 saturated heterocycles. The van der Waals surface area contributed by atoms with E-state index in [2.05, 4.69) is 38.7 Å². The van der Waals surface area contributed by atoms with Gasteiger partial charge in [0.2, 0.25) is 5.91 Å². The third-order valence-corrected chi connectivity index (χ3v) is 4.92. The van der Waals surface area contributed by atoms with Crippen molar-refractivity contribution >= 4 is 21.8 Å². The lowest BCUT2D eigenvalue weighted by Gasteiger charge is -2.33. The zero-order valence-corrected chi connectivity index (χ0v) is 12.7. The van der Waals surface area contributed by atoms with E-state index in [1.165, 1.54) is 5.56 Å². The van der Waals surface area contributed by atoms with E-state index in [1.807, 2.05) is 19.1 Å². The molecule has 1 amide bonds. The molecule has 0 radical (unpaired) electrons. The predicted octanol–water partition coefficient (Wildman–Crippen LogP) is 2.41. The second-order valence-electron chi connectivity index (χ2n) is 5.79. The minimum absolute atomic E-state index is 0.103. The number of carbonyl (C=O) groups excluding carboxylic acids is 1. The fourth-order valence-electron chi connectivity index (χ4n) is 2.63. The number of hydrogen-bond donors (Lipinski definition) is 2. The molecule has 4 heteroatoms. The van der Waals surface area contributed by atoms with E-state index >= 15 is 0 Å². The fraction of sp³-hybridized carbons (Fsp3) is 0.533. The molecule has 3 nitrogen and oxygen atoms in total. The molecule has 1 saturated carbocycles. The highest BCUT2D eigenvalue weighted by Crippen LogP contribution is 2.46. The first-order valence-electron chi connectivity index (χ1n) is 6.89. The summed E-state index contributed by atoms with van der Waals surface area (Å²) in [6, 6.07) is 8.27. The van der Waals surface area contributed by atoms with Crippen LogP contribution in [0.15, 0.2) is 28.7 Å². The molecule has 1 aliphatic carbocycles. The van der Waals surface area contributed by atoms with Crippen molar-refractivity contribution < 1.29 is 4.79 Å². The van der Waals surface area contributed by atoms with Gasteiger partial charge in [-0.15, -0.1) is 0 Å². The molecule has 1 heterocycles. The van der Waals surface area contributed by atoms with Gasteiger partial charge in [0.15, 0.2) is 0 Å². The highest BCUT2D eigenvalue weighted by Gasteiger charge is 2.46. The van der Waals surface area contributed by atoms with Crippen LogP contribution in [0.3, 0.4) is 0 Å². The Balaban J connectivity index is 1.70. The highest BCUT2D eigenvalue weighted by molar-refractivity contribution is 9.10. The zero-order valence-electron chi connectivity index (χ0n) is 11.1. The number of rotatable bonds is 4. The van der Waals surface area contributed by atoms with Crippen molar-refractivity contribution in [2.45, 2.75) is 25.3 Å². The molecule has 0 spiro atoms. The van der Waals surface area contributed by atoms with Gasteiger partial charge in [-0.05, 0) is 49.5 Å². The second-order valence-corrected chi connectivity index (χ2v) is 6.70. The molecule has 1 atom stereocenters. The Morgan fingerprint density at radius 3 is 2.74 bits per heavy atom. The van der Waals surface area contributed by atoms with Crippen LogP contribution >= 0.6 is 15.9 Å². The number of halogens is 1. The van der Waals surface area contributed by atoms with Crippen LogP contribution in [0.4, 0.5) is 0 Å². The summed E-state index contributed by atoms with van der Waals surface area (Å²) in [6.07, 6.45) is 2.09. The molecule has 1 aliphatic heterocycles. The Hall–Kier alpha value is -0.870. The third-order valence-electron chi connectivity index (χ3n) is 4.42. The molecular formula is C15H19BrN2O. The van der Waals surface area contributed by atoms with Crippen LogP contribution < -0.4 is 10.6 Å². The lowest BCUT2D eigenvalue weighted by atomic mass is 9.88. The lowest BCUT2D eigenvalue weighted by molar-refractivity contribution is -0.127. The first-order chi connectivity index (χ1) is 9.11. The molecule has 2 aliphatic rings. The third kappa shape index (κ3) is 2.56. The van der Waals surface area contributed by atoms with E-state index in [9.17, 15) is 4.79 Å². The van der Waals surface area contributed by atoms with Gasteiger partial charge in [-0.25, -0.2) is 0 Å². The summed E-state index contributed by atoms with van der Waals surface area (Å²) in [5.41, 5.74) is 1.11. The summed E-state index contributed by atoms with van der Waals surface area (Å²) in [5.74, 6) is 0.799. The lowest BCUT2D eigenvalue weighted by Crippen LogP contribution is -2.51. The molecule has 2 N–H and O–H groups in total. The Labute approximate surface area is 122 Å². The number of amides is 1. The number of nitrogens with one attached hydrogen (secondary N) is 2. The Bertz CT molecular complexity index is 495. The molecule has 1 aromatic carbocycles. The maximum absolute atomic E-state index is 12.3. The van der Waals surface area contributed by atoms with Gasteiger partial charge in [0, 0.05) is 10.4 Å². The molecule has 0 bridgehead atoms. The van der Waals surface area contributed by atoms with Crippen molar-refractivity contribution in [3.05, 3.63) is 34.3 Å². The van der Waals surface area contributed by atoms with E-state index in [1.54, 1.807) is 0 Å². The SMILES string of the molecule is CC(C(=O)NC1(c2cccc(Br)c2)CC1)C1CNC1. The van der Waals surface area contributed by atoms with Crippen LogP contribution in [0.25, 0.3) is 0 Å². The van der Waals surface area contributed by atoms with E-state index in [0.717, 1.165) is 30.4 Å². The quantitative estimate of drug-likeness (QED) is 0.893. The molecule has 102 valence electrons. The van der Waals surface area contributed by atoms with Gasteiger partial charge >= 0.3 is 0 Å². The maximum atomic E-state index is 12.3. The minimum atomic E-state index is -0.105. The normalized spacial score (nSPS) is 22.4. The smallest absolute Gasteiger partial charge is 0.223 e. The summed E-state index contributed by atoms with van der Waals surface area (Å²) in [5, 5.41) is 6.50. The minimum Gasteiger partial charge on any atom is -0.346 e. The van der Waals surface area contributed by atoms with Gasteiger partial charge in [-0.3, -0.25) is 4.79 Å². The fourth-order valence-corrected chi connectivity index (χ4v) is 3.02. The first-order valence-corrected chi connectivity index (χ1v) is 7.69. The van der Waals surface area contributed by atoms with Crippen LogP contribution in [-0.2, 0) is 10.3 Å². The van der Waals surface area contributed by atoms with Crippen molar-refractivity contribution in [3.8, 4) is 0 Å². The summed E-state index contributed by atoms with van der Waals surface area (Å²) in [7, 11) is 0. The highest BCUT2D eigenvalue weighted by atomic mass is 79.9. The first kappa shape index (κ1) is 13.1. The van der Waals surface area contributed by atoms with Gasteiger partial charge < -0.3 is 10.6 Å². The van der Waals surface area contributed by atoms with Crippen molar-refractivity contribution in [1.82, 2.24) is 10.6 Å².